The van der Waals surface area contributed by atoms with Crippen molar-refractivity contribution < 1.29 is 14.6 Å². The number of ether oxygens (including phenoxy) is 1. The average Bonchev–Trinajstić information content (AvgIpc) is 2.99. The molecule has 0 saturated heterocycles. The monoisotopic (exact) mass is 289 g/mol. The normalized spacial score (nSPS) is 10.8. The van der Waals surface area contributed by atoms with Crippen molar-refractivity contribution in [3.63, 3.8) is 0 Å². The zero-order valence-electron chi connectivity index (χ0n) is 10.6. The van der Waals surface area contributed by atoms with E-state index in [1.165, 1.54) is 15.7 Å². The van der Waals surface area contributed by atoms with Crippen molar-refractivity contribution in [3.8, 4) is 17.0 Å². The highest BCUT2D eigenvalue weighted by molar-refractivity contribution is 7.15. The molecule has 2 heterocycles. The number of thiazole rings is 1. The second kappa shape index (κ2) is 4.93. The molecule has 3 rings (SSSR count). The van der Waals surface area contributed by atoms with Crippen LogP contribution in [-0.4, -0.2) is 32.3 Å². The lowest BCUT2D eigenvalue weighted by Crippen LogP contribution is -2.04. The maximum Gasteiger partial charge on any atom is 0.374 e. The number of hydrogen-bond acceptors (Lipinski definition) is 5. The minimum Gasteiger partial charge on any atom is -0.494 e. The van der Waals surface area contributed by atoms with E-state index < -0.39 is 5.97 Å². The summed E-state index contributed by atoms with van der Waals surface area (Å²) in [6.45, 7) is 2.49. The molecule has 0 aliphatic carbocycles. The van der Waals surface area contributed by atoms with Gasteiger partial charge in [0.2, 0.25) is 10.8 Å². The third-order valence-electron chi connectivity index (χ3n) is 2.78. The fourth-order valence-electron chi connectivity index (χ4n) is 1.97. The van der Waals surface area contributed by atoms with E-state index in [9.17, 15) is 4.79 Å². The number of hydrogen-bond donors (Lipinski definition) is 1. The summed E-state index contributed by atoms with van der Waals surface area (Å²) in [7, 11) is 0. The Labute approximate surface area is 118 Å². The van der Waals surface area contributed by atoms with Gasteiger partial charge in [0, 0.05) is 10.9 Å². The van der Waals surface area contributed by atoms with Crippen molar-refractivity contribution in [2.75, 3.05) is 6.61 Å². The van der Waals surface area contributed by atoms with Crippen LogP contribution in [0.2, 0.25) is 0 Å². The van der Waals surface area contributed by atoms with Gasteiger partial charge in [-0.1, -0.05) is 12.1 Å². The molecule has 2 aromatic heterocycles. The van der Waals surface area contributed by atoms with E-state index >= 15 is 0 Å². The highest BCUT2D eigenvalue weighted by Gasteiger charge is 2.18. The fourth-order valence-corrected chi connectivity index (χ4v) is 2.81. The number of aromatic nitrogens is 3. The summed E-state index contributed by atoms with van der Waals surface area (Å²) in [6, 6.07) is 7.50. The van der Waals surface area contributed by atoms with E-state index in [0.29, 0.717) is 11.6 Å². The summed E-state index contributed by atoms with van der Waals surface area (Å²) in [5, 5.41) is 18.6. The van der Waals surface area contributed by atoms with Crippen molar-refractivity contribution >= 4 is 22.3 Å². The van der Waals surface area contributed by atoms with Gasteiger partial charge in [-0.15, -0.1) is 21.5 Å². The Balaban J connectivity index is 2.16. The number of carboxylic acid groups (broad SMARTS) is 1. The summed E-state index contributed by atoms with van der Waals surface area (Å²) in [5.74, 6) is -0.439. The summed E-state index contributed by atoms with van der Waals surface area (Å²) >= 11 is 1.35. The van der Waals surface area contributed by atoms with Crippen molar-refractivity contribution in [3.05, 3.63) is 35.5 Å². The molecule has 1 N–H and O–H groups in total. The molecule has 6 nitrogen and oxygen atoms in total. The lowest BCUT2D eigenvalue weighted by Gasteiger charge is -2.05. The lowest BCUT2D eigenvalue weighted by molar-refractivity contribution is 0.0682. The second-order valence-corrected chi connectivity index (χ2v) is 4.87. The molecule has 0 bridgehead atoms. The number of benzene rings is 1. The number of aromatic carboxylic acids is 1. The Morgan fingerprint density at radius 3 is 3.05 bits per heavy atom. The molecular formula is C13H11N3O3S. The molecule has 0 unspecified atom stereocenters. The molecule has 0 radical (unpaired) electrons. The molecule has 0 spiro atoms. The molecule has 20 heavy (non-hydrogen) atoms. The highest BCUT2D eigenvalue weighted by atomic mass is 32.1. The Bertz CT molecular complexity index is 778. The van der Waals surface area contributed by atoms with E-state index in [2.05, 4.69) is 10.2 Å². The minimum atomic E-state index is -1.10. The molecular weight excluding hydrogens is 278 g/mol. The number of fused-ring (bicyclic) bond motifs is 1. The van der Waals surface area contributed by atoms with E-state index in [1.54, 1.807) is 0 Å². The number of nitrogens with zero attached hydrogens (tertiary/aromatic N) is 3. The first-order valence-electron chi connectivity index (χ1n) is 6.00. The van der Waals surface area contributed by atoms with Gasteiger partial charge in [-0.2, -0.15) is 0 Å². The summed E-state index contributed by atoms with van der Waals surface area (Å²) in [4.78, 5) is 11.7. The summed E-state index contributed by atoms with van der Waals surface area (Å²) in [5.41, 5.74) is 1.61. The predicted molar refractivity (Wildman–Crippen MR) is 74.4 cm³/mol. The Hall–Kier alpha value is -2.41. The van der Waals surface area contributed by atoms with Crippen LogP contribution in [-0.2, 0) is 0 Å². The van der Waals surface area contributed by atoms with Gasteiger partial charge in [-0.3, -0.25) is 4.40 Å². The Morgan fingerprint density at radius 1 is 1.45 bits per heavy atom. The molecule has 0 amide bonds. The molecule has 1 aromatic carbocycles. The van der Waals surface area contributed by atoms with Gasteiger partial charge in [-0.25, -0.2) is 4.79 Å². The van der Waals surface area contributed by atoms with Crippen LogP contribution in [0.4, 0.5) is 0 Å². The van der Waals surface area contributed by atoms with Crippen LogP contribution in [0.5, 0.6) is 5.75 Å². The first kappa shape index (κ1) is 12.6. The smallest absolute Gasteiger partial charge is 0.374 e. The maximum atomic E-state index is 11.2. The van der Waals surface area contributed by atoms with Crippen LogP contribution < -0.4 is 4.74 Å². The van der Waals surface area contributed by atoms with Gasteiger partial charge in [-0.05, 0) is 19.1 Å². The number of carbonyl (C=O) groups is 1. The van der Waals surface area contributed by atoms with Gasteiger partial charge in [0.15, 0.2) is 0 Å². The van der Waals surface area contributed by atoms with E-state index in [1.807, 2.05) is 36.6 Å². The minimum absolute atomic E-state index is 0.0851. The van der Waals surface area contributed by atoms with Crippen LogP contribution in [0.15, 0.2) is 29.6 Å². The molecule has 0 atom stereocenters. The number of rotatable bonds is 4. The Morgan fingerprint density at radius 2 is 2.30 bits per heavy atom. The highest BCUT2D eigenvalue weighted by Crippen LogP contribution is 2.28. The van der Waals surface area contributed by atoms with Gasteiger partial charge >= 0.3 is 5.97 Å². The van der Waals surface area contributed by atoms with Crippen LogP contribution >= 0.6 is 11.3 Å². The topological polar surface area (TPSA) is 76.7 Å². The first-order chi connectivity index (χ1) is 9.70. The van der Waals surface area contributed by atoms with Gasteiger partial charge < -0.3 is 9.84 Å². The summed E-state index contributed by atoms with van der Waals surface area (Å²) < 4.78 is 7.00. The molecule has 0 fully saturated rings. The van der Waals surface area contributed by atoms with Crippen molar-refractivity contribution in [2.45, 2.75) is 6.92 Å². The summed E-state index contributed by atoms with van der Waals surface area (Å²) in [6.07, 6.45) is 0. The largest absolute Gasteiger partial charge is 0.494 e. The quantitative estimate of drug-likeness (QED) is 0.798. The zero-order chi connectivity index (χ0) is 14.1. The first-order valence-corrected chi connectivity index (χ1v) is 6.88. The van der Waals surface area contributed by atoms with Crippen molar-refractivity contribution in [1.29, 1.82) is 0 Å². The Kier molecular flexibility index (Phi) is 3.11. The van der Waals surface area contributed by atoms with Crippen LogP contribution in [0.3, 0.4) is 0 Å². The molecule has 0 aliphatic rings. The fraction of sp³-hybridized carbons (Fsp3) is 0.154. The average molecular weight is 289 g/mol. The van der Waals surface area contributed by atoms with Crippen LogP contribution in [0, 0.1) is 0 Å². The van der Waals surface area contributed by atoms with E-state index in [4.69, 9.17) is 9.84 Å². The SMILES string of the molecule is CCOc1cccc(-c2csc3nnc(C(=O)O)n23)c1. The third kappa shape index (κ3) is 2.01. The molecule has 7 heteroatoms. The van der Waals surface area contributed by atoms with Gasteiger partial charge in [0.1, 0.15) is 5.75 Å². The molecule has 102 valence electrons. The van der Waals surface area contributed by atoms with Gasteiger partial charge in [0.05, 0.1) is 12.3 Å². The molecule has 0 saturated carbocycles. The van der Waals surface area contributed by atoms with E-state index in [0.717, 1.165) is 17.0 Å². The van der Waals surface area contributed by atoms with E-state index in [-0.39, 0.29) is 5.82 Å². The molecule has 3 aromatic rings. The van der Waals surface area contributed by atoms with Gasteiger partial charge in [0.25, 0.3) is 0 Å². The van der Waals surface area contributed by atoms with Crippen LogP contribution in [0.25, 0.3) is 16.2 Å². The third-order valence-corrected chi connectivity index (χ3v) is 3.60. The number of carboxylic acids is 1. The van der Waals surface area contributed by atoms with Crippen molar-refractivity contribution in [1.82, 2.24) is 14.6 Å². The standard InChI is InChI=1S/C13H11N3O3S/c1-2-19-9-5-3-4-8(6-9)10-7-20-13-15-14-11(12(17)18)16(10)13/h3-7H,2H2,1H3,(H,17,18). The second-order valence-electron chi connectivity index (χ2n) is 4.03. The lowest BCUT2D eigenvalue weighted by atomic mass is 10.1. The zero-order valence-corrected chi connectivity index (χ0v) is 11.4. The molecule has 0 aliphatic heterocycles. The maximum absolute atomic E-state index is 11.2. The van der Waals surface area contributed by atoms with Crippen molar-refractivity contribution in [2.24, 2.45) is 0 Å². The predicted octanol–water partition coefficient (Wildman–Crippen LogP) is 2.55. The van der Waals surface area contributed by atoms with Crippen LogP contribution in [0.1, 0.15) is 17.5 Å².